The zero-order valence-corrected chi connectivity index (χ0v) is 17.9. The van der Waals surface area contributed by atoms with E-state index in [2.05, 4.69) is 5.32 Å². The predicted octanol–water partition coefficient (Wildman–Crippen LogP) is 3.85. The molecule has 3 rings (SSSR count). The lowest BCUT2D eigenvalue weighted by molar-refractivity contribution is -0.151. The number of aryl methyl sites for hydroxylation is 1. The normalized spacial score (nSPS) is 15.8. The van der Waals surface area contributed by atoms with Gasteiger partial charge in [0.05, 0.1) is 18.7 Å². The molecular formula is C21H20Cl2N2O5. The molecule has 7 nitrogen and oxygen atoms in total. The third kappa shape index (κ3) is 5.04. The number of methoxy groups -OCH3 is 1. The van der Waals surface area contributed by atoms with Crippen LogP contribution in [-0.2, 0) is 19.1 Å². The first-order valence-corrected chi connectivity index (χ1v) is 9.90. The molecule has 0 unspecified atom stereocenters. The van der Waals surface area contributed by atoms with Gasteiger partial charge in [-0.15, -0.1) is 0 Å². The number of carbonyl (C=O) groups excluding carboxylic acids is 3. The van der Waals surface area contributed by atoms with Crippen molar-refractivity contribution >= 4 is 52.4 Å². The zero-order valence-electron chi connectivity index (χ0n) is 16.4. The Morgan fingerprint density at radius 3 is 2.60 bits per heavy atom. The van der Waals surface area contributed by atoms with E-state index in [1.165, 1.54) is 12.0 Å². The van der Waals surface area contributed by atoms with Crippen LogP contribution in [0, 0.1) is 12.8 Å². The van der Waals surface area contributed by atoms with Gasteiger partial charge in [0.1, 0.15) is 5.75 Å². The van der Waals surface area contributed by atoms with Gasteiger partial charge in [0.15, 0.2) is 6.61 Å². The monoisotopic (exact) mass is 450 g/mol. The van der Waals surface area contributed by atoms with E-state index in [1.54, 1.807) is 36.4 Å². The highest BCUT2D eigenvalue weighted by Crippen LogP contribution is 2.35. The van der Waals surface area contributed by atoms with Crippen molar-refractivity contribution in [2.75, 3.05) is 30.5 Å². The van der Waals surface area contributed by atoms with Crippen LogP contribution in [0.3, 0.4) is 0 Å². The minimum absolute atomic E-state index is 0.0243. The molecule has 0 saturated carbocycles. The molecule has 9 heteroatoms. The van der Waals surface area contributed by atoms with Crippen molar-refractivity contribution in [2.45, 2.75) is 13.3 Å². The first-order valence-electron chi connectivity index (χ1n) is 9.15. The van der Waals surface area contributed by atoms with Crippen LogP contribution in [0.15, 0.2) is 36.4 Å². The number of carbonyl (C=O) groups is 3. The fraction of sp³-hybridized carbons (Fsp3) is 0.286. The van der Waals surface area contributed by atoms with Crippen molar-refractivity contribution in [3.8, 4) is 5.75 Å². The van der Waals surface area contributed by atoms with Crippen LogP contribution in [0.25, 0.3) is 0 Å². The lowest BCUT2D eigenvalue weighted by Crippen LogP contribution is -2.28. The summed E-state index contributed by atoms with van der Waals surface area (Å²) in [7, 11) is 1.49. The largest absolute Gasteiger partial charge is 0.495 e. The standard InChI is InChI=1S/C21H20Cl2N2O5/c1-12-3-4-14(22)8-16(12)24-19(26)11-30-21(28)13-7-20(27)25(10-13)17-9-15(23)5-6-18(17)29-2/h3-6,8-9,13H,7,10-11H2,1-2H3,(H,24,26)/t13-/m1/s1. The van der Waals surface area contributed by atoms with Crippen LogP contribution in [0.1, 0.15) is 12.0 Å². The topological polar surface area (TPSA) is 84.9 Å². The number of halogens is 2. The molecule has 30 heavy (non-hydrogen) atoms. The predicted molar refractivity (Wildman–Crippen MR) is 114 cm³/mol. The number of ether oxygens (including phenoxy) is 2. The second-order valence-electron chi connectivity index (χ2n) is 6.84. The van der Waals surface area contributed by atoms with Crippen LogP contribution in [0.2, 0.25) is 10.0 Å². The van der Waals surface area contributed by atoms with Gasteiger partial charge in [0.2, 0.25) is 5.91 Å². The molecule has 0 radical (unpaired) electrons. The van der Waals surface area contributed by atoms with E-state index in [1.807, 2.05) is 6.92 Å². The summed E-state index contributed by atoms with van der Waals surface area (Å²) in [6.45, 7) is 1.47. The van der Waals surface area contributed by atoms with Gasteiger partial charge in [-0.25, -0.2) is 0 Å². The van der Waals surface area contributed by atoms with E-state index < -0.39 is 24.4 Å². The molecule has 1 saturated heterocycles. The van der Waals surface area contributed by atoms with Gasteiger partial charge in [-0.1, -0.05) is 29.3 Å². The van der Waals surface area contributed by atoms with Crippen molar-refractivity contribution < 1.29 is 23.9 Å². The average Bonchev–Trinajstić information content (AvgIpc) is 3.10. The van der Waals surface area contributed by atoms with E-state index in [4.69, 9.17) is 32.7 Å². The molecule has 1 atom stereocenters. The number of amides is 2. The van der Waals surface area contributed by atoms with Crippen molar-refractivity contribution in [2.24, 2.45) is 5.92 Å². The highest BCUT2D eigenvalue weighted by atomic mass is 35.5. The molecule has 0 spiro atoms. The van der Waals surface area contributed by atoms with Gasteiger partial charge in [0, 0.05) is 28.7 Å². The van der Waals surface area contributed by atoms with Crippen molar-refractivity contribution in [3.05, 3.63) is 52.0 Å². The van der Waals surface area contributed by atoms with Gasteiger partial charge in [-0.2, -0.15) is 0 Å². The average molecular weight is 451 g/mol. The van der Waals surface area contributed by atoms with Crippen molar-refractivity contribution in [3.63, 3.8) is 0 Å². The van der Waals surface area contributed by atoms with Crippen LogP contribution in [-0.4, -0.2) is 38.0 Å². The third-order valence-electron chi connectivity index (χ3n) is 4.71. The minimum Gasteiger partial charge on any atom is -0.495 e. The molecule has 2 aromatic rings. The number of nitrogens with zero attached hydrogens (tertiary/aromatic N) is 1. The molecule has 1 N–H and O–H groups in total. The minimum atomic E-state index is -0.693. The number of hydrogen-bond donors (Lipinski definition) is 1. The molecule has 2 amide bonds. The summed E-state index contributed by atoms with van der Waals surface area (Å²) in [5, 5.41) is 3.58. The third-order valence-corrected chi connectivity index (χ3v) is 5.18. The Balaban J connectivity index is 1.59. The molecule has 0 aromatic heterocycles. The Bertz CT molecular complexity index is 995. The maximum Gasteiger partial charge on any atom is 0.311 e. The van der Waals surface area contributed by atoms with Crippen molar-refractivity contribution in [1.82, 2.24) is 0 Å². The number of hydrogen-bond acceptors (Lipinski definition) is 5. The summed E-state index contributed by atoms with van der Waals surface area (Å²) in [6, 6.07) is 10.0. The van der Waals surface area contributed by atoms with Gasteiger partial charge >= 0.3 is 5.97 Å². The number of benzene rings is 2. The zero-order chi connectivity index (χ0) is 21.8. The first-order chi connectivity index (χ1) is 14.3. The maximum absolute atomic E-state index is 12.4. The molecule has 158 valence electrons. The van der Waals surface area contributed by atoms with Gasteiger partial charge in [0.25, 0.3) is 5.91 Å². The highest BCUT2D eigenvalue weighted by molar-refractivity contribution is 6.31. The quantitative estimate of drug-likeness (QED) is 0.675. The molecule has 0 bridgehead atoms. The van der Waals surface area contributed by atoms with E-state index in [9.17, 15) is 14.4 Å². The van der Waals surface area contributed by atoms with Crippen LogP contribution in [0.4, 0.5) is 11.4 Å². The number of anilines is 2. The van der Waals surface area contributed by atoms with Crippen molar-refractivity contribution in [1.29, 1.82) is 0 Å². The number of nitrogens with one attached hydrogen (secondary N) is 1. The lowest BCUT2D eigenvalue weighted by Gasteiger charge is -2.19. The Morgan fingerprint density at radius 1 is 1.17 bits per heavy atom. The SMILES string of the molecule is COc1ccc(Cl)cc1N1C[C@H](C(=O)OCC(=O)Nc2cc(Cl)ccc2C)CC1=O. The van der Waals surface area contributed by atoms with Gasteiger partial charge < -0.3 is 19.7 Å². The summed E-state index contributed by atoms with van der Waals surface area (Å²) in [5.41, 5.74) is 1.85. The summed E-state index contributed by atoms with van der Waals surface area (Å²) in [6.07, 6.45) is -0.0243. The fourth-order valence-electron chi connectivity index (χ4n) is 3.14. The summed E-state index contributed by atoms with van der Waals surface area (Å²) < 4.78 is 10.4. The van der Waals surface area contributed by atoms with Crippen LogP contribution < -0.4 is 15.0 Å². The second-order valence-corrected chi connectivity index (χ2v) is 7.71. The summed E-state index contributed by atoms with van der Waals surface area (Å²) >= 11 is 12.0. The second kappa shape index (κ2) is 9.36. The molecule has 1 heterocycles. The van der Waals surface area contributed by atoms with E-state index in [0.717, 1.165) is 5.56 Å². The van der Waals surface area contributed by atoms with Gasteiger partial charge in [-0.3, -0.25) is 14.4 Å². The van der Waals surface area contributed by atoms with Gasteiger partial charge in [-0.05, 0) is 42.8 Å². The number of esters is 1. The molecule has 0 aliphatic carbocycles. The molecule has 1 aliphatic rings. The molecular weight excluding hydrogens is 431 g/mol. The van der Waals surface area contributed by atoms with E-state index in [0.29, 0.717) is 27.2 Å². The Kier molecular flexibility index (Phi) is 6.84. The van der Waals surface area contributed by atoms with E-state index in [-0.39, 0.29) is 18.9 Å². The number of rotatable bonds is 6. The lowest BCUT2D eigenvalue weighted by atomic mass is 10.1. The molecule has 1 fully saturated rings. The molecule has 1 aliphatic heterocycles. The first kappa shape index (κ1) is 21.9. The Labute approximate surface area is 183 Å². The Morgan fingerprint density at radius 2 is 1.87 bits per heavy atom. The highest BCUT2D eigenvalue weighted by Gasteiger charge is 2.37. The fourth-order valence-corrected chi connectivity index (χ4v) is 3.48. The van der Waals surface area contributed by atoms with E-state index >= 15 is 0 Å². The summed E-state index contributed by atoms with van der Waals surface area (Å²) in [4.78, 5) is 38.4. The maximum atomic E-state index is 12.4. The van der Waals surface area contributed by atoms with Crippen LogP contribution in [0.5, 0.6) is 5.75 Å². The Hall–Kier alpha value is -2.77. The molecule has 2 aromatic carbocycles. The smallest absolute Gasteiger partial charge is 0.311 e. The van der Waals surface area contributed by atoms with Crippen LogP contribution >= 0.6 is 23.2 Å². The summed E-state index contributed by atoms with van der Waals surface area (Å²) in [5.74, 6) is -1.59.